The van der Waals surface area contributed by atoms with Crippen molar-refractivity contribution in [3.63, 3.8) is 0 Å². The molecule has 6 heterocycles. The highest BCUT2D eigenvalue weighted by atomic mass is 32.2. The van der Waals surface area contributed by atoms with Gasteiger partial charge in [-0.3, -0.25) is 105 Å². The maximum absolute atomic E-state index is 16.1. The Hall–Kier alpha value is -13.9. The van der Waals surface area contributed by atoms with Gasteiger partial charge in [0.05, 0.1) is 38.8 Å². The number of hydrogen-bond acceptors (Lipinski definition) is 29. The van der Waals surface area contributed by atoms with Crippen molar-refractivity contribution in [1.82, 2.24) is 110 Å². The molecule has 1 saturated carbocycles. The lowest BCUT2D eigenvalue weighted by atomic mass is 9.90. The number of para-hydroxylation sites is 1. The Morgan fingerprint density at radius 3 is 1.82 bits per heavy atom. The van der Waals surface area contributed by atoms with Crippen molar-refractivity contribution in [1.29, 1.82) is 0 Å². The Labute approximate surface area is 858 Å². The lowest BCUT2D eigenvalue weighted by molar-refractivity contribution is -0.143. The van der Waals surface area contributed by atoms with E-state index < -0.39 is 340 Å². The molecular weight excluding hydrogens is 1980 g/mol. The fourth-order valence-corrected chi connectivity index (χ4v) is 20.6. The van der Waals surface area contributed by atoms with Crippen molar-refractivity contribution >= 4 is 182 Å². The highest BCUT2D eigenvalue weighted by Crippen LogP contribution is 2.34. The van der Waals surface area contributed by atoms with E-state index in [-0.39, 0.29) is 57.4 Å². The zero-order valence-corrected chi connectivity index (χ0v) is 85.3. The zero-order valence-electron chi connectivity index (χ0n) is 82.9. The molecule has 6 fully saturated rings. The molecule has 147 heavy (non-hydrogen) atoms. The quantitative estimate of drug-likeness (QED) is 0.0468. The number of carbonyl (C=O) groups is 23. The first-order valence-corrected chi connectivity index (χ1v) is 51.5. The fraction of sp³-hybridized carbons (Fsp3) is 0.547. The Morgan fingerprint density at radius 2 is 1.18 bits per heavy atom. The van der Waals surface area contributed by atoms with Crippen LogP contribution >= 0.6 is 35.3 Å². The summed E-state index contributed by atoms with van der Waals surface area (Å²) in [6, 6.07) is -11.4. The van der Waals surface area contributed by atoms with Crippen LogP contribution in [0, 0.1) is 23.7 Å². The molecule has 2 bridgehead atoms. The summed E-state index contributed by atoms with van der Waals surface area (Å²) in [7, 11) is 0. The number of carboxylic acids is 1. The summed E-state index contributed by atoms with van der Waals surface area (Å²) < 4.78 is 0. The van der Waals surface area contributed by atoms with E-state index >= 15 is 43.2 Å². The van der Waals surface area contributed by atoms with E-state index in [0.717, 1.165) is 46.7 Å². The number of rotatable bonds is 20. The minimum Gasteiger partial charge on any atom is -0.480 e. The molecule has 49 nitrogen and oxygen atoms in total. The summed E-state index contributed by atoms with van der Waals surface area (Å²) in [5.74, 6) is -30.8. The first-order valence-electron chi connectivity index (χ1n) is 48.3. The second-order valence-electron chi connectivity index (χ2n) is 36.8. The van der Waals surface area contributed by atoms with Crippen molar-refractivity contribution in [2.75, 3.05) is 62.3 Å². The number of aromatic nitrogens is 1. The van der Waals surface area contributed by atoms with Crippen LogP contribution in [0.25, 0.3) is 10.9 Å². The molecule has 1 aliphatic carbocycles. The van der Waals surface area contributed by atoms with Gasteiger partial charge in [0.2, 0.25) is 106 Å². The van der Waals surface area contributed by atoms with E-state index in [2.05, 4.69) is 101 Å². The number of hydrogen-bond donors (Lipinski definition) is 24. The molecule has 21 atom stereocenters. The number of benzene rings is 2. The summed E-state index contributed by atoms with van der Waals surface area (Å²) >= 11 is 2.04. The predicted octanol–water partition coefficient (Wildman–Crippen LogP) is -6.86. The molecule has 21 amide bonds. The number of carboxylic acid groups (broad SMARTS) is 1. The van der Waals surface area contributed by atoms with Crippen LogP contribution in [0.1, 0.15) is 132 Å². The van der Waals surface area contributed by atoms with Gasteiger partial charge in [-0.15, -0.1) is 0 Å². The second kappa shape index (κ2) is 55.1. The average Bonchev–Trinajstić information content (AvgIpc) is 1.68. The lowest BCUT2D eigenvalue weighted by Gasteiger charge is -2.33. The Morgan fingerprint density at radius 1 is 0.571 bits per heavy atom. The number of allylic oxidation sites excluding steroid dienone is 3. The molecule has 5 saturated heterocycles. The Balaban J connectivity index is 1.13. The minimum absolute atomic E-state index is 0.0133. The summed E-state index contributed by atoms with van der Waals surface area (Å²) in [6.07, 6.45) is 2.53. The number of nitrogens with two attached hydrogens (primary N) is 2. The first-order chi connectivity index (χ1) is 69.8. The molecule has 0 radical (unpaired) electrons. The maximum Gasteiger partial charge on any atom is 0.327 e. The van der Waals surface area contributed by atoms with E-state index in [1.54, 1.807) is 74.6 Å². The molecule has 52 heteroatoms. The van der Waals surface area contributed by atoms with E-state index in [1.165, 1.54) is 48.5 Å². The predicted molar refractivity (Wildman–Crippen MR) is 534 cm³/mol. The van der Waals surface area contributed by atoms with Gasteiger partial charge in [-0.1, -0.05) is 121 Å². The number of ketones is 1. The van der Waals surface area contributed by atoms with Gasteiger partial charge in [-0.05, 0) is 82.4 Å². The number of fused-ring (bicyclic) bond motifs is 5. The molecule has 9 rings (SSSR count). The summed E-state index contributed by atoms with van der Waals surface area (Å²) in [4.78, 5) is 340. The number of nitrogens with zero attached hydrogens (tertiary/aromatic N) is 2. The smallest absolute Gasteiger partial charge is 0.327 e. The number of aliphatic hydroxyl groups is 2. The number of amides is 21. The molecule has 0 spiro atoms. The normalized spacial score (nSPS) is 28.7. The fourth-order valence-electron chi connectivity index (χ4n) is 17.3. The van der Waals surface area contributed by atoms with E-state index in [9.17, 15) is 82.4 Å². The Kier molecular flexibility index (Phi) is 43.7. The SMILES string of the molecule is C/C=C1\NC(=O)CNC(=O)[C@H](Cc2ccccc2)NC(=O)[C@H](NC(=O)[C@@H](NC(=O)[C@@H]2CCC[C@H]2C(=O)CN)[C@@H](C)CC)[C@H](C)SC[C@@H]2NC(=O)[C@H](NC1=O)[C@H](C)SC[C@@H](C(=O)N1CCC[C@H]1C(=O)N[C@@H]1CSC[C@@H](C(=O)O)NC(=O)[C@H](CO)NC(=O)[C@H](C(C)C)NC(=O)/C(=C/C)NC(=O)[C@H](CC(N)=O)NC(=O)[C@H](C)NC1=O)NC(=O)[C@@H]1C[C@@H](O)CN1C(=O)/C(=C/C)NC(=O)CNC(=O)[C@H](Cc1c[nH]c3ccccc13)NC2=O. The van der Waals surface area contributed by atoms with Crippen molar-refractivity contribution in [2.24, 2.45) is 35.1 Å². The standard InChI is InChI=1S/C95H131N23O26S3/c1-11-45(7)74(114-78(126)54-26-20-25-53(54)69(121)34-96)90(138)116-76-48(10)146-42-64-86(134)106-60(31-50-35-98-58-27-19-18-24-52(50)58)80(128)100-37-72(124)103-57(14-4)93(141)118-38-51(120)32-68(118)88(136)111-65(43-147-47(9)75(92(140)110-64)115-81(129)55(12-2)102-71(123)36-99-79(127)59(107-91(76)139)30-49-22-16-15-17-23-49)94(142)117-29-21-28-67(117)87(135)109-63-40-145-41-66(95(143)144)112-84(132)62(39-119)108-89(137)73(44(5)6)113-82(130)56(13-3)104-83(131)61(33-70(97)122)105-77(125)46(8)101-85(63)133/h12-19,22-24,27,35,44-48,51,53-54,59-68,73-76,98,119-120H,11,20-21,25-26,28-34,36-43,96H2,1-10H3,(H2,97,122)(H,99,127)(H,100,128)(H,101,133)(H,102,123)(H,103,124)(H,104,131)(H,105,125)(H,106,134)(H,107,139)(H,108,137)(H,109,135)(H,110,140)(H,111,136)(H,112,132)(H,113,130)(H,114,126)(H,115,129)(H,116,138)(H,143,144)/b55-12-,56-13-,57-14-/t45-,46-,47-,48-,51+,53+,54+,59-,60-,61-,62-,63+,64-,65-,66-,67-,68-,73-,74-,75+,76+/m0/s1. The highest BCUT2D eigenvalue weighted by Gasteiger charge is 2.48. The van der Waals surface area contributed by atoms with Crippen LogP contribution in [0.2, 0.25) is 0 Å². The van der Waals surface area contributed by atoms with Crippen molar-refractivity contribution < 1.29 is 126 Å². The first kappa shape index (κ1) is 117. The summed E-state index contributed by atoms with van der Waals surface area (Å²) in [5, 5.41) is 75.3. The number of primary amides is 1. The molecule has 0 unspecified atom stereocenters. The minimum atomic E-state index is -2.00. The van der Waals surface area contributed by atoms with E-state index in [1.807, 2.05) is 0 Å². The van der Waals surface area contributed by atoms with Gasteiger partial charge >= 0.3 is 5.97 Å². The largest absolute Gasteiger partial charge is 0.480 e. The molecule has 6 aliphatic rings. The third kappa shape index (κ3) is 32.1. The number of Topliss-reactive ketones (excluding diaryl/α,β-unsaturated/α-hetero) is 1. The van der Waals surface area contributed by atoms with Crippen LogP contribution in [0.3, 0.4) is 0 Å². The number of aliphatic hydroxyl groups excluding tert-OH is 2. The number of aliphatic carboxylic acids is 1. The number of H-pyrrole nitrogens is 1. The van der Waals surface area contributed by atoms with Gasteiger partial charge in [-0.2, -0.15) is 35.3 Å². The lowest BCUT2D eigenvalue weighted by Crippen LogP contribution is -2.61. The van der Waals surface area contributed by atoms with Gasteiger partial charge in [-0.25, -0.2) is 4.79 Å². The van der Waals surface area contributed by atoms with Gasteiger partial charge < -0.3 is 137 Å². The molecule has 3 aromatic rings. The summed E-state index contributed by atoms with van der Waals surface area (Å²) in [6.45, 7) is 9.99. The third-order valence-electron chi connectivity index (χ3n) is 25.9. The van der Waals surface area contributed by atoms with Crippen molar-refractivity contribution in [2.45, 2.75) is 241 Å². The van der Waals surface area contributed by atoms with Crippen LogP contribution < -0.4 is 107 Å². The summed E-state index contributed by atoms with van der Waals surface area (Å²) in [5.41, 5.74) is 11.2. The molecule has 5 aliphatic heterocycles. The molecule has 1 aromatic heterocycles. The van der Waals surface area contributed by atoms with E-state index in [4.69, 9.17) is 11.5 Å². The van der Waals surface area contributed by atoms with Crippen molar-refractivity contribution in [3.05, 3.63) is 107 Å². The Bertz CT molecular complexity index is 5550. The maximum atomic E-state index is 16.1. The van der Waals surface area contributed by atoms with Gasteiger partial charge in [0.15, 0.2) is 0 Å². The van der Waals surface area contributed by atoms with Crippen LogP contribution in [0.15, 0.2) is 96.1 Å². The molecule has 800 valence electrons. The van der Waals surface area contributed by atoms with Gasteiger partial charge in [0.1, 0.15) is 114 Å². The van der Waals surface area contributed by atoms with E-state index in [0.29, 0.717) is 58.4 Å². The number of likely N-dealkylation sites (tertiary alicyclic amines) is 1. The van der Waals surface area contributed by atoms with Gasteiger partial charge in [0.25, 0.3) is 17.7 Å². The zero-order chi connectivity index (χ0) is 108. The molecule has 2 aromatic carbocycles. The average molecular weight is 2110 g/mol. The van der Waals surface area contributed by atoms with Crippen molar-refractivity contribution in [3.8, 4) is 0 Å². The van der Waals surface area contributed by atoms with Crippen LogP contribution in [0.4, 0.5) is 0 Å². The highest BCUT2D eigenvalue weighted by molar-refractivity contribution is 8.00. The number of thioether (sulfide) groups is 3. The molecule has 26 N–H and O–H groups in total. The monoisotopic (exact) mass is 2110 g/mol. The number of carbonyl (C=O) groups excluding carboxylic acids is 22. The second-order valence-corrected chi connectivity index (χ2v) is 40.7. The van der Waals surface area contributed by atoms with Crippen LogP contribution in [-0.4, -0.2) is 335 Å². The number of aromatic amines is 1. The molecular formula is C95H131N23O26S3. The van der Waals surface area contributed by atoms with Crippen LogP contribution in [0.5, 0.6) is 0 Å². The van der Waals surface area contributed by atoms with Gasteiger partial charge in [0, 0.05) is 94.8 Å². The third-order valence-corrected chi connectivity index (χ3v) is 29.7. The van der Waals surface area contributed by atoms with Crippen LogP contribution in [-0.2, 0) is 123 Å². The topological polar surface area (TPSA) is 744 Å². The number of nitrogens with one attached hydrogen (secondary N) is 19.